The molecule has 3 heteroatoms. The molecular formula is C31H35F3. The summed E-state index contributed by atoms with van der Waals surface area (Å²) in [6.07, 6.45) is 10.3. The van der Waals surface area contributed by atoms with E-state index in [1.54, 1.807) is 18.2 Å². The molecule has 0 aromatic heterocycles. The van der Waals surface area contributed by atoms with Crippen LogP contribution in [0, 0.1) is 23.4 Å². The molecular weight excluding hydrogens is 429 g/mol. The Morgan fingerprint density at radius 2 is 1.38 bits per heavy atom. The maximum atomic E-state index is 15.0. The van der Waals surface area contributed by atoms with Crippen LogP contribution in [0.2, 0.25) is 0 Å². The molecule has 0 aliphatic heterocycles. The predicted molar refractivity (Wildman–Crippen MR) is 135 cm³/mol. The highest BCUT2D eigenvalue weighted by atomic mass is 19.2. The van der Waals surface area contributed by atoms with Crippen LogP contribution in [0.4, 0.5) is 13.2 Å². The van der Waals surface area contributed by atoms with Crippen LogP contribution in [0.1, 0.15) is 82.3 Å². The lowest BCUT2D eigenvalue weighted by molar-refractivity contribution is 0.304. The molecule has 1 saturated carbocycles. The Balaban J connectivity index is 1.48. The standard InChI is InChI=1S/C31H35F3/c1-3-5-7-21-8-10-22(11-9-21)23-12-14-24(15-13-23)26-17-18-27(29(32)20-26)28-19-16-25(6-4-2)30(33)31(28)34/h12-22H,3-11H2,1-2H3. The smallest absolute Gasteiger partial charge is 0.167 e. The van der Waals surface area contributed by atoms with E-state index in [1.807, 2.05) is 19.1 Å². The maximum absolute atomic E-state index is 15.0. The topological polar surface area (TPSA) is 0 Å². The van der Waals surface area contributed by atoms with Crippen LogP contribution in [0.5, 0.6) is 0 Å². The number of rotatable bonds is 8. The zero-order chi connectivity index (χ0) is 24.1. The van der Waals surface area contributed by atoms with Crippen LogP contribution in [0.3, 0.4) is 0 Å². The summed E-state index contributed by atoms with van der Waals surface area (Å²) in [5, 5.41) is 0. The van der Waals surface area contributed by atoms with Gasteiger partial charge < -0.3 is 0 Å². The van der Waals surface area contributed by atoms with Gasteiger partial charge in [-0.05, 0) is 72.3 Å². The fourth-order valence-electron chi connectivity index (χ4n) is 5.40. The molecule has 0 nitrogen and oxygen atoms in total. The van der Waals surface area contributed by atoms with E-state index in [0.717, 1.165) is 23.5 Å². The molecule has 0 amide bonds. The normalized spacial score (nSPS) is 18.3. The molecule has 1 fully saturated rings. The fourth-order valence-corrected chi connectivity index (χ4v) is 5.40. The van der Waals surface area contributed by atoms with E-state index in [1.165, 1.54) is 62.6 Å². The number of benzene rings is 3. The van der Waals surface area contributed by atoms with E-state index in [9.17, 15) is 13.2 Å². The van der Waals surface area contributed by atoms with Crippen LogP contribution in [-0.4, -0.2) is 0 Å². The van der Waals surface area contributed by atoms with Gasteiger partial charge in [0.2, 0.25) is 0 Å². The minimum absolute atomic E-state index is 0.0358. The van der Waals surface area contributed by atoms with Crippen LogP contribution in [0.25, 0.3) is 22.3 Å². The molecule has 3 aromatic rings. The molecule has 0 N–H and O–H groups in total. The van der Waals surface area contributed by atoms with Gasteiger partial charge in [0.1, 0.15) is 5.82 Å². The van der Waals surface area contributed by atoms with E-state index >= 15 is 0 Å². The third-order valence-electron chi connectivity index (χ3n) is 7.47. The first-order valence-electron chi connectivity index (χ1n) is 12.9. The second kappa shape index (κ2) is 11.3. The highest BCUT2D eigenvalue weighted by molar-refractivity contribution is 5.71. The minimum atomic E-state index is -0.980. The van der Waals surface area contributed by atoms with E-state index in [2.05, 4.69) is 19.1 Å². The number of hydrogen-bond acceptors (Lipinski definition) is 0. The van der Waals surface area contributed by atoms with Crippen molar-refractivity contribution in [2.45, 2.75) is 77.6 Å². The average Bonchev–Trinajstić information content (AvgIpc) is 2.86. The molecule has 3 aromatic carbocycles. The highest BCUT2D eigenvalue weighted by Crippen LogP contribution is 2.38. The van der Waals surface area contributed by atoms with Crippen LogP contribution in [0.15, 0.2) is 54.6 Å². The van der Waals surface area contributed by atoms with Crippen molar-refractivity contribution >= 4 is 0 Å². The Morgan fingerprint density at radius 3 is 2.03 bits per heavy atom. The second-order valence-electron chi connectivity index (χ2n) is 9.83. The van der Waals surface area contributed by atoms with E-state index in [4.69, 9.17) is 0 Å². The van der Waals surface area contributed by atoms with Gasteiger partial charge in [0, 0.05) is 11.1 Å². The zero-order valence-electron chi connectivity index (χ0n) is 20.3. The lowest BCUT2D eigenvalue weighted by Crippen LogP contribution is -2.13. The number of unbranched alkanes of at least 4 members (excludes halogenated alkanes) is 1. The van der Waals surface area contributed by atoms with Gasteiger partial charge in [-0.15, -0.1) is 0 Å². The summed E-state index contributed by atoms with van der Waals surface area (Å²) >= 11 is 0. The first-order valence-corrected chi connectivity index (χ1v) is 12.9. The monoisotopic (exact) mass is 464 g/mol. The Labute approximate surface area is 202 Å². The average molecular weight is 465 g/mol. The van der Waals surface area contributed by atoms with Crippen LogP contribution in [-0.2, 0) is 6.42 Å². The fraction of sp³-hybridized carbons (Fsp3) is 0.419. The van der Waals surface area contributed by atoms with E-state index in [0.29, 0.717) is 17.9 Å². The summed E-state index contributed by atoms with van der Waals surface area (Å²) in [6, 6.07) is 16.2. The summed E-state index contributed by atoms with van der Waals surface area (Å²) in [7, 11) is 0. The van der Waals surface area contributed by atoms with E-state index in [-0.39, 0.29) is 11.1 Å². The Morgan fingerprint density at radius 1 is 0.706 bits per heavy atom. The Kier molecular flexibility index (Phi) is 8.13. The summed E-state index contributed by atoms with van der Waals surface area (Å²) in [4.78, 5) is 0. The minimum Gasteiger partial charge on any atom is -0.206 e. The summed E-state index contributed by atoms with van der Waals surface area (Å²) < 4.78 is 44.0. The third kappa shape index (κ3) is 5.40. The Bertz CT molecular complexity index is 1090. The molecule has 1 aliphatic rings. The van der Waals surface area contributed by atoms with Gasteiger partial charge in [0.25, 0.3) is 0 Å². The third-order valence-corrected chi connectivity index (χ3v) is 7.47. The second-order valence-corrected chi connectivity index (χ2v) is 9.83. The van der Waals surface area contributed by atoms with Crippen LogP contribution >= 0.6 is 0 Å². The van der Waals surface area contributed by atoms with E-state index < -0.39 is 17.5 Å². The highest BCUT2D eigenvalue weighted by Gasteiger charge is 2.22. The summed E-state index contributed by atoms with van der Waals surface area (Å²) in [5.74, 6) is -0.907. The molecule has 0 unspecified atom stereocenters. The van der Waals surface area contributed by atoms with Gasteiger partial charge in [0.05, 0.1) is 0 Å². The maximum Gasteiger partial charge on any atom is 0.167 e. The lowest BCUT2D eigenvalue weighted by atomic mass is 9.77. The first kappa shape index (κ1) is 24.6. The predicted octanol–water partition coefficient (Wildman–Crippen LogP) is 9.85. The van der Waals surface area contributed by atoms with Crippen molar-refractivity contribution in [3.05, 3.63) is 83.2 Å². The van der Waals surface area contributed by atoms with Gasteiger partial charge in [-0.3, -0.25) is 0 Å². The Hall–Kier alpha value is -2.55. The molecule has 0 bridgehead atoms. The summed E-state index contributed by atoms with van der Waals surface area (Å²) in [5.41, 5.74) is 3.40. The van der Waals surface area contributed by atoms with Gasteiger partial charge >= 0.3 is 0 Å². The van der Waals surface area contributed by atoms with Crippen molar-refractivity contribution in [3.8, 4) is 22.3 Å². The van der Waals surface area contributed by atoms with Crippen molar-refractivity contribution in [1.29, 1.82) is 0 Å². The van der Waals surface area contributed by atoms with Crippen molar-refractivity contribution in [1.82, 2.24) is 0 Å². The molecule has 0 saturated heterocycles. The molecule has 0 spiro atoms. The molecule has 1 aliphatic carbocycles. The number of halogens is 3. The number of aryl methyl sites for hydroxylation is 1. The molecule has 180 valence electrons. The zero-order valence-corrected chi connectivity index (χ0v) is 20.3. The first-order chi connectivity index (χ1) is 16.5. The molecule has 34 heavy (non-hydrogen) atoms. The van der Waals surface area contributed by atoms with Crippen molar-refractivity contribution in [2.75, 3.05) is 0 Å². The summed E-state index contributed by atoms with van der Waals surface area (Å²) in [6.45, 7) is 4.17. The van der Waals surface area contributed by atoms with Crippen molar-refractivity contribution in [2.24, 2.45) is 5.92 Å². The van der Waals surface area contributed by atoms with Gasteiger partial charge in [-0.2, -0.15) is 0 Å². The van der Waals surface area contributed by atoms with Gasteiger partial charge in [0.15, 0.2) is 11.6 Å². The SMILES string of the molecule is CCCCC1CCC(c2ccc(-c3ccc(-c4ccc(CCC)c(F)c4F)c(F)c3)cc2)CC1. The van der Waals surface area contributed by atoms with Gasteiger partial charge in [-0.25, -0.2) is 13.2 Å². The molecule has 4 rings (SSSR count). The largest absolute Gasteiger partial charge is 0.206 e. The van der Waals surface area contributed by atoms with Gasteiger partial charge in [-0.1, -0.05) is 88.1 Å². The molecule has 0 radical (unpaired) electrons. The quantitative estimate of drug-likeness (QED) is 0.311. The van der Waals surface area contributed by atoms with Crippen molar-refractivity contribution in [3.63, 3.8) is 0 Å². The molecule has 0 atom stereocenters. The van der Waals surface area contributed by atoms with Crippen LogP contribution < -0.4 is 0 Å². The lowest BCUT2D eigenvalue weighted by Gasteiger charge is -2.29. The number of hydrogen-bond donors (Lipinski definition) is 0. The van der Waals surface area contributed by atoms with Crippen molar-refractivity contribution < 1.29 is 13.2 Å². The molecule has 0 heterocycles.